The van der Waals surface area contributed by atoms with Gasteiger partial charge in [0.2, 0.25) is 5.91 Å². The summed E-state index contributed by atoms with van der Waals surface area (Å²) < 4.78 is 10.1. The first-order valence-electron chi connectivity index (χ1n) is 5.69. The zero-order chi connectivity index (χ0) is 12.1. The van der Waals surface area contributed by atoms with E-state index < -0.39 is 0 Å². The molecule has 1 aromatic rings. The van der Waals surface area contributed by atoms with Crippen LogP contribution in [-0.4, -0.2) is 42.9 Å². The van der Waals surface area contributed by atoms with Crippen LogP contribution in [0.2, 0.25) is 0 Å². The van der Waals surface area contributed by atoms with Gasteiger partial charge in [-0.25, -0.2) is 0 Å². The quantitative estimate of drug-likeness (QED) is 0.736. The van der Waals surface area contributed by atoms with Crippen molar-refractivity contribution in [2.24, 2.45) is 0 Å². The molecule has 0 unspecified atom stereocenters. The molecule has 0 saturated carbocycles. The van der Waals surface area contributed by atoms with Crippen LogP contribution in [0.25, 0.3) is 0 Å². The van der Waals surface area contributed by atoms with Crippen LogP contribution in [0.5, 0.6) is 0 Å². The molecule has 0 aromatic carbocycles. The van der Waals surface area contributed by atoms with Crippen molar-refractivity contribution in [3.8, 4) is 0 Å². The Hall–Kier alpha value is -1.62. The number of hydrogen-bond donors (Lipinski definition) is 0. The minimum atomic E-state index is -0.128. The van der Waals surface area contributed by atoms with Gasteiger partial charge in [0.1, 0.15) is 0 Å². The summed E-state index contributed by atoms with van der Waals surface area (Å²) in [5.74, 6) is 0.199. The molecule has 2 heterocycles. The predicted octanol–water partition coefficient (Wildman–Crippen LogP) is 1.10. The Morgan fingerprint density at radius 3 is 2.65 bits per heavy atom. The van der Waals surface area contributed by atoms with Crippen molar-refractivity contribution in [3.05, 3.63) is 24.2 Å². The summed E-state index contributed by atoms with van der Waals surface area (Å²) in [7, 11) is 0. The lowest BCUT2D eigenvalue weighted by atomic mass is 10.1. The monoisotopic (exact) mass is 237 g/mol. The van der Waals surface area contributed by atoms with Gasteiger partial charge in [-0.1, -0.05) is 0 Å². The number of furan rings is 1. The number of carbonyl (C=O) groups is 2. The maximum Gasteiger partial charge on any atom is 0.223 e. The molecule has 17 heavy (non-hydrogen) atoms. The molecule has 1 aliphatic rings. The van der Waals surface area contributed by atoms with E-state index in [0.717, 1.165) is 0 Å². The van der Waals surface area contributed by atoms with Crippen molar-refractivity contribution in [2.45, 2.75) is 12.8 Å². The van der Waals surface area contributed by atoms with E-state index in [1.54, 1.807) is 17.0 Å². The Kier molecular flexibility index (Phi) is 3.93. The van der Waals surface area contributed by atoms with E-state index in [1.165, 1.54) is 6.26 Å². The van der Waals surface area contributed by atoms with Crippen LogP contribution >= 0.6 is 0 Å². The smallest absolute Gasteiger partial charge is 0.223 e. The number of hydrogen-bond acceptors (Lipinski definition) is 4. The van der Waals surface area contributed by atoms with Crippen LogP contribution in [0.15, 0.2) is 22.8 Å². The number of carbonyl (C=O) groups excluding carboxylic acids is 2. The highest BCUT2D eigenvalue weighted by molar-refractivity contribution is 5.95. The number of rotatable bonds is 4. The third-order valence-corrected chi connectivity index (χ3v) is 2.73. The van der Waals surface area contributed by atoms with Crippen molar-refractivity contribution in [3.63, 3.8) is 0 Å². The molecular weight excluding hydrogens is 222 g/mol. The number of Topliss-reactive ketones (excluding diaryl/α,β-unsaturated/α-hetero) is 1. The van der Waals surface area contributed by atoms with Crippen molar-refractivity contribution < 1.29 is 18.7 Å². The van der Waals surface area contributed by atoms with E-state index in [0.29, 0.717) is 32.1 Å². The first kappa shape index (κ1) is 11.9. The van der Waals surface area contributed by atoms with Crippen molar-refractivity contribution in [1.82, 2.24) is 4.90 Å². The minimum Gasteiger partial charge on any atom is -0.461 e. The summed E-state index contributed by atoms with van der Waals surface area (Å²) in [6, 6.07) is 3.28. The van der Waals surface area contributed by atoms with Crippen LogP contribution in [0.4, 0.5) is 0 Å². The highest BCUT2D eigenvalue weighted by atomic mass is 16.5. The van der Waals surface area contributed by atoms with E-state index in [9.17, 15) is 9.59 Å². The van der Waals surface area contributed by atoms with Gasteiger partial charge < -0.3 is 14.1 Å². The van der Waals surface area contributed by atoms with Gasteiger partial charge in [0.25, 0.3) is 0 Å². The molecule has 2 rings (SSSR count). The molecule has 92 valence electrons. The molecule has 1 saturated heterocycles. The number of morpholine rings is 1. The van der Waals surface area contributed by atoms with Crippen LogP contribution in [0.3, 0.4) is 0 Å². The first-order valence-corrected chi connectivity index (χ1v) is 5.69. The second kappa shape index (κ2) is 5.63. The van der Waals surface area contributed by atoms with Gasteiger partial charge in [-0.2, -0.15) is 0 Å². The van der Waals surface area contributed by atoms with E-state index in [-0.39, 0.29) is 24.5 Å². The van der Waals surface area contributed by atoms with Gasteiger partial charge in [0.15, 0.2) is 11.5 Å². The predicted molar refractivity (Wildman–Crippen MR) is 59.7 cm³/mol. The summed E-state index contributed by atoms with van der Waals surface area (Å²) >= 11 is 0. The van der Waals surface area contributed by atoms with Crippen molar-refractivity contribution >= 4 is 11.7 Å². The first-order chi connectivity index (χ1) is 8.27. The zero-order valence-electron chi connectivity index (χ0n) is 9.55. The fourth-order valence-electron chi connectivity index (χ4n) is 1.75. The highest BCUT2D eigenvalue weighted by Crippen LogP contribution is 2.08. The normalized spacial score (nSPS) is 15.9. The third kappa shape index (κ3) is 3.17. The molecule has 0 aliphatic carbocycles. The molecular formula is C12H15NO4. The van der Waals surface area contributed by atoms with Gasteiger partial charge in [-0.15, -0.1) is 0 Å². The topological polar surface area (TPSA) is 59.8 Å². The summed E-state index contributed by atoms with van der Waals surface area (Å²) in [6.45, 7) is 2.40. The number of ether oxygens (including phenoxy) is 1. The Bertz CT molecular complexity index is 379. The highest BCUT2D eigenvalue weighted by Gasteiger charge is 2.18. The Morgan fingerprint density at radius 1 is 1.24 bits per heavy atom. The lowest BCUT2D eigenvalue weighted by Gasteiger charge is -2.26. The molecule has 0 N–H and O–H groups in total. The molecule has 1 amide bonds. The fourth-order valence-corrected chi connectivity index (χ4v) is 1.75. The summed E-state index contributed by atoms with van der Waals surface area (Å²) in [6.07, 6.45) is 1.89. The van der Waals surface area contributed by atoms with Gasteiger partial charge in [0, 0.05) is 25.9 Å². The maximum atomic E-state index is 11.8. The summed E-state index contributed by atoms with van der Waals surface area (Å²) in [5, 5.41) is 0. The maximum absolute atomic E-state index is 11.8. The third-order valence-electron chi connectivity index (χ3n) is 2.73. The molecule has 1 aromatic heterocycles. The van der Waals surface area contributed by atoms with Gasteiger partial charge in [-0.05, 0) is 12.1 Å². The second-order valence-electron chi connectivity index (χ2n) is 3.89. The molecule has 0 atom stereocenters. The average molecular weight is 237 g/mol. The van der Waals surface area contributed by atoms with E-state index in [2.05, 4.69) is 0 Å². The van der Waals surface area contributed by atoms with E-state index in [1.807, 2.05) is 0 Å². The Morgan fingerprint density at radius 2 is 2.00 bits per heavy atom. The number of ketones is 1. The van der Waals surface area contributed by atoms with Gasteiger partial charge >= 0.3 is 0 Å². The minimum absolute atomic E-state index is 0.00760. The lowest BCUT2D eigenvalue weighted by Crippen LogP contribution is -2.40. The van der Waals surface area contributed by atoms with Crippen LogP contribution in [0, 0.1) is 0 Å². The molecule has 0 bridgehead atoms. The Balaban J connectivity index is 1.77. The van der Waals surface area contributed by atoms with Gasteiger partial charge in [0.05, 0.1) is 19.5 Å². The molecule has 5 nitrogen and oxygen atoms in total. The fraction of sp³-hybridized carbons (Fsp3) is 0.500. The second-order valence-corrected chi connectivity index (χ2v) is 3.89. The van der Waals surface area contributed by atoms with Crippen LogP contribution in [-0.2, 0) is 9.53 Å². The molecule has 0 spiro atoms. The number of amides is 1. The van der Waals surface area contributed by atoms with Gasteiger partial charge in [-0.3, -0.25) is 9.59 Å². The lowest BCUT2D eigenvalue weighted by molar-refractivity contribution is -0.135. The van der Waals surface area contributed by atoms with Crippen molar-refractivity contribution in [2.75, 3.05) is 26.3 Å². The molecule has 1 aliphatic heterocycles. The number of nitrogens with zero attached hydrogens (tertiary/aromatic N) is 1. The summed E-state index contributed by atoms with van der Waals surface area (Å²) in [5.41, 5.74) is 0. The van der Waals surface area contributed by atoms with Crippen molar-refractivity contribution in [1.29, 1.82) is 0 Å². The molecule has 5 heteroatoms. The molecule has 1 fully saturated rings. The Labute approximate surface area is 99.3 Å². The van der Waals surface area contributed by atoms with E-state index >= 15 is 0 Å². The zero-order valence-corrected chi connectivity index (χ0v) is 9.55. The summed E-state index contributed by atoms with van der Waals surface area (Å²) in [4.78, 5) is 25.1. The average Bonchev–Trinajstić information content (AvgIpc) is 2.90. The van der Waals surface area contributed by atoms with E-state index in [4.69, 9.17) is 9.15 Å². The van der Waals surface area contributed by atoms with Crippen LogP contribution in [0.1, 0.15) is 23.4 Å². The largest absolute Gasteiger partial charge is 0.461 e. The SMILES string of the molecule is O=C(CCC(=O)N1CCOCC1)c1ccco1. The standard InChI is InChI=1S/C12H15NO4/c14-10(11-2-1-7-17-11)3-4-12(15)13-5-8-16-9-6-13/h1-2,7H,3-6,8-9H2. The molecule has 0 radical (unpaired) electrons. The van der Waals surface area contributed by atoms with Crippen LogP contribution < -0.4 is 0 Å².